The van der Waals surface area contributed by atoms with Gasteiger partial charge in [-0.1, -0.05) is 36.4 Å². The lowest BCUT2D eigenvalue weighted by atomic mass is 10.1. The molecule has 0 amide bonds. The number of fused-ring (bicyclic) bond motifs is 1. The van der Waals surface area contributed by atoms with Crippen molar-refractivity contribution in [3.8, 4) is 5.75 Å². The molecule has 1 nitrogen and oxygen atoms in total. The largest absolute Gasteiger partial charge is 0.493 e. The second-order valence-electron chi connectivity index (χ2n) is 4.21. The molecular formula is C16H14OS. The molecule has 2 heteroatoms. The highest BCUT2D eigenvalue weighted by Crippen LogP contribution is 2.25. The monoisotopic (exact) mass is 254 g/mol. The van der Waals surface area contributed by atoms with Crippen molar-refractivity contribution in [3.05, 3.63) is 64.9 Å². The van der Waals surface area contributed by atoms with E-state index in [1.54, 1.807) is 11.3 Å². The molecule has 0 spiro atoms. The minimum absolute atomic E-state index is 0.727. The van der Waals surface area contributed by atoms with Gasteiger partial charge in [0, 0.05) is 11.8 Å². The van der Waals surface area contributed by atoms with Crippen LogP contribution in [0.2, 0.25) is 0 Å². The van der Waals surface area contributed by atoms with Gasteiger partial charge in [0.05, 0.1) is 6.61 Å². The zero-order valence-electron chi connectivity index (χ0n) is 10.0. The van der Waals surface area contributed by atoms with E-state index in [1.807, 2.05) is 18.2 Å². The SMILES string of the molecule is c1ccc2c(OCCc3ccsc3)cccc2c1. The van der Waals surface area contributed by atoms with Gasteiger partial charge in [-0.05, 0) is 33.8 Å². The van der Waals surface area contributed by atoms with Gasteiger partial charge in [0.1, 0.15) is 5.75 Å². The summed E-state index contributed by atoms with van der Waals surface area (Å²) >= 11 is 1.73. The third-order valence-electron chi connectivity index (χ3n) is 2.98. The zero-order chi connectivity index (χ0) is 12.2. The van der Waals surface area contributed by atoms with E-state index in [-0.39, 0.29) is 0 Å². The third-order valence-corrected chi connectivity index (χ3v) is 3.71. The second-order valence-corrected chi connectivity index (χ2v) is 4.99. The molecule has 0 fully saturated rings. The van der Waals surface area contributed by atoms with Crippen LogP contribution in [-0.2, 0) is 6.42 Å². The zero-order valence-corrected chi connectivity index (χ0v) is 10.8. The average Bonchev–Trinajstić information content (AvgIpc) is 2.92. The molecule has 2 aromatic carbocycles. The molecule has 0 aliphatic carbocycles. The number of ether oxygens (including phenoxy) is 1. The lowest BCUT2D eigenvalue weighted by molar-refractivity contribution is 0.326. The summed E-state index contributed by atoms with van der Waals surface area (Å²) in [5.41, 5.74) is 1.35. The number of benzene rings is 2. The molecule has 0 unspecified atom stereocenters. The molecule has 1 heterocycles. The van der Waals surface area contributed by atoms with Crippen LogP contribution in [0.15, 0.2) is 59.3 Å². The summed E-state index contributed by atoms with van der Waals surface area (Å²) in [5.74, 6) is 0.975. The fourth-order valence-corrected chi connectivity index (χ4v) is 2.74. The van der Waals surface area contributed by atoms with Gasteiger partial charge >= 0.3 is 0 Å². The van der Waals surface area contributed by atoms with Gasteiger partial charge < -0.3 is 4.74 Å². The highest BCUT2D eigenvalue weighted by atomic mass is 32.1. The fraction of sp³-hybridized carbons (Fsp3) is 0.125. The van der Waals surface area contributed by atoms with Crippen molar-refractivity contribution in [2.75, 3.05) is 6.61 Å². The molecule has 1 aromatic heterocycles. The molecule has 3 aromatic rings. The van der Waals surface area contributed by atoms with Gasteiger partial charge in [-0.2, -0.15) is 11.3 Å². The molecule has 0 saturated heterocycles. The molecule has 0 N–H and O–H groups in total. The first-order chi connectivity index (χ1) is 8.93. The standard InChI is InChI=1S/C16H14OS/c1-2-6-15-14(4-1)5-3-7-16(15)17-10-8-13-9-11-18-12-13/h1-7,9,11-12H,8,10H2. The normalized spacial score (nSPS) is 10.7. The minimum atomic E-state index is 0.727. The smallest absolute Gasteiger partial charge is 0.127 e. The molecule has 0 saturated carbocycles. The van der Waals surface area contributed by atoms with Crippen LogP contribution >= 0.6 is 11.3 Å². The van der Waals surface area contributed by atoms with Crippen LogP contribution in [0.3, 0.4) is 0 Å². The number of thiophene rings is 1. The van der Waals surface area contributed by atoms with Gasteiger partial charge in [-0.25, -0.2) is 0 Å². The lowest BCUT2D eigenvalue weighted by Gasteiger charge is -2.08. The van der Waals surface area contributed by atoms with Crippen molar-refractivity contribution in [1.29, 1.82) is 0 Å². The van der Waals surface area contributed by atoms with Crippen molar-refractivity contribution < 1.29 is 4.74 Å². The van der Waals surface area contributed by atoms with E-state index in [9.17, 15) is 0 Å². The van der Waals surface area contributed by atoms with Gasteiger partial charge in [-0.3, -0.25) is 0 Å². The van der Waals surface area contributed by atoms with Crippen molar-refractivity contribution in [2.45, 2.75) is 6.42 Å². The Labute approximate surface area is 111 Å². The quantitative estimate of drug-likeness (QED) is 0.665. The van der Waals surface area contributed by atoms with Crippen LogP contribution in [0.5, 0.6) is 5.75 Å². The Morgan fingerprint density at radius 3 is 2.72 bits per heavy atom. The summed E-state index contributed by atoms with van der Waals surface area (Å²) in [6.45, 7) is 0.727. The third kappa shape index (κ3) is 2.39. The van der Waals surface area contributed by atoms with Crippen LogP contribution in [0.4, 0.5) is 0 Å². The Balaban J connectivity index is 1.74. The maximum absolute atomic E-state index is 5.90. The van der Waals surface area contributed by atoms with Crippen molar-refractivity contribution >= 4 is 22.1 Å². The molecular weight excluding hydrogens is 240 g/mol. The van der Waals surface area contributed by atoms with Crippen LogP contribution in [0, 0.1) is 0 Å². The van der Waals surface area contributed by atoms with Crippen LogP contribution in [0.25, 0.3) is 10.8 Å². The van der Waals surface area contributed by atoms with Crippen LogP contribution < -0.4 is 4.74 Å². The summed E-state index contributed by atoms with van der Waals surface area (Å²) in [7, 11) is 0. The summed E-state index contributed by atoms with van der Waals surface area (Å²) < 4.78 is 5.90. The van der Waals surface area contributed by atoms with Gasteiger partial charge in [0.2, 0.25) is 0 Å². The van der Waals surface area contributed by atoms with Crippen LogP contribution in [-0.4, -0.2) is 6.61 Å². The molecule has 18 heavy (non-hydrogen) atoms. The maximum Gasteiger partial charge on any atom is 0.127 e. The predicted molar refractivity (Wildman–Crippen MR) is 77.5 cm³/mol. The first-order valence-corrected chi connectivity index (χ1v) is 6.99. The lowest BCUT2D eigenvalue weighted by Crippen LogP contribution is -2.00. The Bertz CT molecular complexity index is 623. The molecule has 0 aliphatic heterocycles. The van der Waals surface area contributed by atoms with Gasteiger partial charge in [-0.15, -0.1) is 0 Å². The topological polar surface area (TPSA) is 9.23 Å². The first-order valence-electron chi connectivity index (χ1n) is 6.05. The highest BCUT2D eigenvalue weighted by Gasteiger charge is 2.01. The molecule has 3 rings (SSSR count). The summed E-state index contributed by atoms with van der Waals surface area (Å²) in [6, 6.07) is 16.7. The summed E-state index contributed by atoms with van der Waals surface area (Å²) in [5, 5.41) is 6.69. The second kappa shape index (κ2) is 5.23. The van der Waals surface area contributed by atoms with Crippen LogP contribution in [0.1, 0.15) is 5.56 Å². The van der Waals surface area contributed by atoms with Gasteiger partial charge in [0.25, 0.3) is 0 Å². The first kappa shape index (κ1) is 11.3. The minimum Gasteiger partial charge on any atom is -0.493 e. The average molecular weight is 254 g/mol. The Morgan fingerprint density at radius 1 is 0.944 bits per heavy atom. The van der Waals surface area contributed by atoms with E-state index in [4.69, 9.17) is 4.74 Å². The number of rotatable bonds is 4. The highest BCUT2D eigenvalue weighted by molar-refractivity contribution is 7.07. The fourth-order valence-electron chi connectivity index (χ4n) is 2.04. The summed E-state index contributed by atoms with van der Waals surface area (Å²) in [6.07, 6.45) is 0.965. The Kier molecular flexibility index (Phi) is 3.29. The van der Waals surface area contributed by atoms with Crippen molar-refractivity contribution in [2.24, 2.45) is 0 Å². The predicted octanol–water partition coefficient (Wildman–Crippen LogP) is 4.52. The van der Waals surface area contributed by atoms with Crippen molar-refractivity contribution in [1.82, 2.24) is 0 Å². The van der Waals surface area contributed by atoms with E-state index < -0.39 is 0 Å². The molecule has 0 bridgehead atoms. The van der Waals surface area contributed by atoms with E-state index in [0.29, 0.717) is 0 Å². The maximum atomic E-state index is 5.90. The molecule has 0 aliphatic rings. The molecule has 0 atom stereocenters. The summed E-state index contributed by atoms with van der Waals surface area (Å²) in [4.78, 5) is 0. The Hall–Kier alpha value is -1.80. The van der Waals surface area contributed by atoms with E-state index in [0.717, 1.165) is 18.8 Å². The van der Waals surface area contributed by atoms with E-state index in [2.05, 4.69) is 41.1 Å². The molecule has 0 radical (unpaired) electrons. The Morgan fingerprint density at radius 2 is 1.83 bits per heavy atom. The van der Waals surface area contributed by atoms with Gasteiger partial charge in [0.15, 0.2) is 0 Å². The van der Waals surface area contributed by atoms with E-state index >= 15 is 0 Å². The number of hydrogen-bond acceptors (Lipinski definition) is 2. The van der Waals surface area contributed by atoms with E-state index in [1.165, 1.54) is 16.3 Å². The number of hydrogen-bond donors (Lipinski definition) is 0. The molecule has 90 valence electrons. The van der Waals surface area contributed by atoms with Crippen molar-refractivity contribution in [3.63, 3.8) is 0 Å².